The zero-order chi connectivity index (χ0) is 10.1. The summed E-state index contributed by atoms with van der Waals surface area (Å²) in [7, 11) is 0. The number of allylic oxidation sites excluding steroid dienone is 5. The Balaban J connectivity index is 3.97. The van der Waals surface area contributed by atoms with Gasteiger partial charge in [0.1, 0.15) is 0 Å². The molecule has 0 aliphatic rings. The maximum Gasteiger partial charge on any atom is 0.0113 e. The van der Waals surface area contributed by atoms with Gasteiger partial charge in [-0.15, -0.1) is 0 Å². The summed E-state index contributed by atoms with van der Waals surface area (Å²) < 4.78 is 0. The molecule has 0 radical (unpaired) electrons. The Morgan fingerprint density at radius 2 is 1.92 bits per heavy atom. The predicted octanol–water partition coefficient (Wildman–Crippen LogP) is 3.41. The molecule has 0 bridgehead atoms. The summed E-state index contributed by atoms with van der Waals surface area (Å²) in [4.78, 5) is 0. The summed E-state index contributed by atoms with van der Waals surface area (Å²) in [5.74, 6) is 0. The Hall–Kier alpha value is -0.980. The first-order valence-corrected chi connectivity index (χ1v) is 4.94. The molecule has 0 fully saturated rings. The monoisotopic (exact) mass is 179 g/mol. The molecule has 0 saturated carbocycles. The smallest absolute Gasteiger partial charge is 0.0113 e. The number of hydrogen-bond donors (Lipinski definition) is 1. The van der Waals surface area contributed by atoms with Gasteiger partial charge in [0.25, 0.3) is 0 Å². The average molecular weight is 179 g/mol. The normalized spacial score (nSPS) is 13.8. The molecule has 0 amide bonds. The van der Waals surface area contributed by atoms with Crippen molar-refractivity contribution in [3.8, 4) is 0 Å². The zero-order valence-electron chi connectivity index (χ0n) is 9.22. The Bertz CT molecular complexity index is 209. The van der Waals surface area contributed by atoms with Crippen LogP contribution >= 0.6 is 0 Å². The SMILES string of the molecule is CCN/C=C(C)/C=C\C=C(/C)CC. The Morgan fingerprint density at radius 3 is 2.46 bits per heavy atom. The molecule has 0 atom stereocenters. The van der Waals surface area contributed by atoms with Crippen LogP contribution in [0.3, 0.4) is 0 Å². The molecule has 0 rings (SSSR count). The van der Waals surface area contributed by atoms with Gasteiger partial charge in [-0.3, -0.25) is 0 Å². The van der Waals surface area contributed by atoms with Crippen LogP contribution in [-0.4, -0.2) is 6.54 Å². The topological polar surface area (TPSA) is 12.0 Å². The highest BCUT2D eigenvalue weighted by Gasteiger charge is 1.80. The number of hydrogen-bond acceptors (Lipinski definition) is 1. The van der Waals surface area contributed by atoms with Gasteiger partial charge in [-0.1, -0.05) is 30.7 Å². The number of rotatable bonds is 5. The van der Waals surface area contributed by atoms with Crippen molar-refractivity contribution in [2.75, 3.05) is 6.54 Å². The highest BCUT2D eigenvalue weighted by molar-refractivity contribution is 5.21. The first-order valence-electron chi connectivity index (χ1n) is 4.94. The van der Waals surface area contributed by atoms with Crippen LogP contribution in [0.4, 0.5) is 0 Å². The van der Waals surface area contributed by atoms with E-state index in [0.717, 1.165) is 13.0 Å². The largest absolute Gasteiger partial charge is 0.391 e. The van der Waals surface area contributed by atoms with Crippen molar-refractivity contribution < 1.29 is 0 Å². The van der Waals surface area contributed by atoms with Gasteiger partial charge >= 0.3 is 0 Å². The molecule has 0 aromatic heterocycles. The first kappa shape index (κ1) is 12.0. The van der Waals surface area contributed by atoms with Crippen LogP contribution in [0.15, 0.2) is 35.6 Å². The highest BCUT2D eigenvalue weighted by Crippen LogP contribution is 1.99. The maximum atomic E-state index is 3.17. The van der Waals surface area contributed by atoms with E-state index in [4.69, 9.17) is 0 Å². The van der Waals surface area contributed by atoms with Crippen molar-refractivity contribution in [2.24, 2.45) is 0 Å². The van der Waals surface area contributed by atoms with Crippen LogP contribution in [-0.2, 0) is 0 Å². The van der Waals surface area contributed by atoms with Crippen molar-refractivity contribution in [1.29, 1.82) is 0 Å². The van der Waals surface area contributed by atoms with Crippen LogP contribution in [0.2, 0.25) is 0 Å². The highest BCUT2D eigenvalue weighted by atomic mass is 14.8. The molecule has 0 aromatic carbocycles. The van der Waals surface area contributed by atoms with Gasteiger partial charge in [0.2, 0.25) is 0 Å². The lowest BCUT2D eigenvalue weighted by Crippen LogP contribution is -2.02. The first-order chi connectivity index (χ1) is 6.20. The lowest BCUT2D eigenvalue weighted by Gasteiger charge is -1.94. The van der Waals surface area contributed by atoms with Crippen molar-refractivity contribution in [1.82, 2.24) is 5.32 Å². The molecule has 0 heterocycles. The minimum atomic E-state index is 0.981. The van der Waals surface area contributed by atoms with Gasteiger partial charge < -0.3 is 5.32 Å². The number of nitrogens with one attached hydrogen (secondary N) is 1. The van der Waals surface area contributed by atoms with E-state index in [1.54, 1.807) is 0 Å². The fourth-order valence-corrected chi connectivity index (χ4v) is 0.793. The lowest BCUT2D eigenvalue weighted by atomic mass is 10.2. The van der Waals surface area contributed by atoms with Crippen LogP contribution in [0.1, 0.15) is 34.1 Å². The van der Waals surface area contributed by atoms with E-state index in [9.17, 15) is 0 Å². The third-order valence-corrected chi connectivity index (χ3v) is 1.83. The molecule has 0 aromatic rings. The summed E-state index contributed by atoms with van der Waals surface area (Å²) in [6, 6.07) is 0. The van der Waals surface area contributed by atoms with Crippen LogP contribution in [0.25, 0.3) is 0 Å². The fourth-order valence-electron chi connectivity index (χ4n) is 0.793. The van der Waals surface area contributed by atoms with E-state index in [2.05, 4.69) is 51.2 Å². The third kappa shape index (κ3) is 7.38. The summed E-state index contributed by atoms with van der Waals surface area (Å²) >= 11 is 0. The molecule has 0 unspecified atom stereocenters. The van der Waals surface area contributed by atoms with Crippen LogP contribution in [0, 0.1) is 0 Å². The van der Waals surface area contributed by atoms with Crippen molar-refractivity contribution in [3.63, 3.8) is 0 Å². The van der Waals surface area contributed by atoms with E-state index in [0.29, 0.717) is 0 Å². The molecule has 0 aliphatic carbocycles. The van der Waals surface area contributed by atoms with E-state index in [1.165, 1.54) is 11.1 Å². The Labute approximate surface area is 82.2 Å². The molecule has 0 aliphatic heterocycles. The van der Waals surface area contributed by atoms with Crippen molar-refractivity contribution in [3.05, 3.63) is 35.6 Å². The summed E-state index contributed by atoms with van der Waals surface area (Å²) in [5, 5.41) is 3.17. The molecule has 0 spiro atoms. The fraction of sp³-hybridized carbons (Fsp3) is 0.500. The molecular formula is C12H21N. The average Bonchev–Trinajstić information content (AvgIpc) is 2.14. The van der Waals surface area contributed by atoms with Crippen molar-refractivity contribution in [2.45, 2.75) is 34.1 Å². The predicted molar refractivity (Wildman–Crippen MR) is 60.6 cm³/mol. The molecule has 1 N–H and O–H groups in total. The van der Waals surface area contributed by atoms with Crippen molar-refractivity contribution >= 4 is 0 Å². The molecule has 13 heavy (non-hydrogen) atoms. The minimum absolute atomic E-state index is 0.981. The quantitative estimate of drug-likeness (QED) is 0.638. The molecule has 0 saturated heterocycles. The van der Waals surface area contributed by atoms with Gasteiger partial charge in [-0.05, 0) is 39.0 Å². The molecule has 74 valence electrons. The van der Waals surface area contributed by atoms with Gasteiger partial charge in [-0.25, -0.2) is 0 Å². The van der Waals surface area contributed by atoms with Gasteiger partial charge in [0.05, 0.1) is 0 Å². The molecule has 1 nitrogen and oxygen atoms in total. The van der Waals surface area contributed by atoms with Crippen LogP contribution in [0.5, 0.6) is 0 Å². The molecule has 1 heteroatoms. The summed E-state index contributed by atoms with van der Waals surface area (Å²) in [6.45, 7) is 9.48. The summed E-state index contributed by atoms with van der Waals surface area (Å²) in [5.41, 5.74) is 2.66. The second-order valence-electron chi connectivity index (χ2n) is 3.17. The minimum Gasteiger partial charge on any atom is -0.391 e. The Kier molecular flexibility index (Phi) is 7.08. The van der Waals surface area contributed by atoms with E-state index < -0.39 is 0 Å². The lowest BCUT2D eigenvalue weighted by molar-refractivity contribution is 0.911. The Morgan fingerprint density at radius 1 is 1.23 bits per heavy atom. The standard InChI is InChI=1S/C12H21N/c1-5-11(3)8-7-9-12(4)10-13-6-2/h7-10,13H,5-6H2,1-4H3/b9-7-,11-8+,12-10+. The molecular weight excluding hydrogens is 158 g/mol. The summed E-state index contributed by atoms with van der Waals surface area (Å²) in [6.07, 6.45) is 9.53. The zero-order valence-corrected chi connectivity index (χ0v) is 9.22. The van der Waals surface area contributed by atoms with Crippen LogP contribution < -0.4 is 5.32 Å². The van der Waals surface area contributed by atoms with Gasteiger partial charge in [0.15, 0.2) is 0 Å². The van der Waals surface area contributed by atoms with E-state index in [-0.39, 0.29) is 0 Å². The van der Waals surface area contributed by atoms with E-state index >= 15 is 0 Å². The third-order valence-electron chi connectivity index (χ3n) is 1.83. The maximum absolute atomic E-state index is 3.17. The van der Waals surface area contributed by atoms with E-state index in [1.807, 2.05) is 6.20 Å². The second-order valence-corrected chi connectivity index (χ2v) is 3.17. The van der Waals surface area contributed by atoms with Gasteiger partial charge in [-0.2, -0.15) is 0 Å². The van der Waals surface area contributed by atoms with Gasteiger partial charge in [0, 0.05) is 6.54 Å². The second kappa shape index (κ2) is 7.66.